The Hall–Kier alpha value is -2.16. The van der Waals surface area contributed by atoms with Crippen LogP contribution < -0.4 is 5.32 Å². The van der Waals surface area contributed by atoms with Gasteiger partial charge in [-0.05, 0) is 24.3 Å². The highest BCUT2D eigenvalue weighted by Crippen LogP contribution is 2.30. The zero-order valence-corrected chi connectivity index (χ0v) is 12.7. The monoisotopic (exact) mass is 339 g/mol. The molecule has 23 heavy (non-hydrogen) atoms. The molecule has 0 bridgehead atoms. The van der Waals surface area contributed by atoms with Crippen molar-refractivity contribution >= 4 is 22.9 Å². The average molecular weight is 339 g/mol. The average Bonchev–Trinajstić information content (AvgIpc) is 2.99. The van der Waals surface area contributed by atoms with Crippen LogP contribution in [0.2, 0.25) is 0 Å². The molecule has 5 nitrogen and oxygen atoms in total. The van der Waals surface area contributed by atoms with Gasteiger partial charge in [0.05, 0.1) is 6.20 Å². The van der Waals surface area contributed by atoms with Crippen LogP contribution in [0, 0.1) is 0 Å². The summed E-state index contributed by atoms with van der Waals surface area (Å²) in [6, 6.07) is 4.00. The first kappa shape index (κ1) is 14.4. The van der Waals surface area contributed by atoms with E-state index in [9.17, 15) is 13.2 Å². The van der Waals surface area contributed by atoms with Crippen LogP contribution in [0.4, 0.5) is 19.1 Å². The summed E-state index contributed by atoms with van der Waals surface area (Å²) in [7, 11) is 0. The zero-order chi connectivity index (χ0) is 16.0. The summed E-state index contributed by atoms with van der Waals surface area (Å²) in [6.07, 6.45) is -0.682. The topological polar surface area (TPSA) is 55.1 Å². The van der Waals surface area contributed by atoms with E-state index in [-0.39, 0.29) is 17.6 Å². The van der Waals surface area contributed by atoms with E-state index in [0.29, 0.717) is 12.0 Å². The molecule has 0 unspecified atom stereocenters. The van der Waals surface area contributed by atoms with Crippen LogP contribution >= 0.6 is 11.3 Å². The minimum absolute atomic E-state index is 0.0993. The van der Waals surface area contributed by atoms with Crippen LogP contribution in [-0.4, -0.2) is 25.6 Å². The number of hydrogen-bond acceptors (Lipinski definition) is 5. The predicted molar refractivity (Wildman–Crippen MR) is 79.6 cm³/mol. The lowest BCUT2D eigenvalue weighted by atomic mass is 10.2. The lowest BCUT2D eigenvalue weighted by molar-refractivity contribution is -0.144. The number of fused-ring (bicyclic) bond motifs is 1. The summed E-state index contributed by atoms with van der Waals surface area (Å²) in [5.74, 6) is -1.04. The normalized spacial score (nSPS) is 15.3. The summed E-state index contributed by atoms with van der Waals surface area (Å²) in [6.45, 7) is 0. The minimum Gasteiger partial charge on any atom is -0.351 e. The summed E-state index contributed by atoms with van der Waals surface area (Å²) in [4.78, 5) is 8.37. The molecular formula is C14H12F3N5S. The van der Waals surface area contributed by atoms with Gasteiger partial charge in [0.1, 0.15) is 0 Å². The SMILES string of the molecule is FC(F)(F)c1nc(NC2CC2)n2ncc(Cc3cccs3)c2n1. The molecule has 1 saturated carbocycles. The van der Waals surface area contributed by atoms with E-state index < -0.39 is 12.0 Å². The number of alkyl halides is 3. The number of halogens is 3. The molecule has 3 aromatic heterocycles. The Morgan fingerprint density at radius 2 is 2.13 bits per heavy atom. The molecule has 0 saturated heterocycles. The molecule has 9 heteroatoms. The van der Waals surface area contributed by atoms with Gasteiger partial charge >= 0.3 is 6.18 Å². The van der Waals surface area contributed by atoms with Crippen molar-refractivity contribution in [3.8, 4) is 0 Å². The number of nitrogens with one attached hydrogen (secondary N) is 1. The van der Waals surface area contributed by atoms with E-state index in [1.54, 1.807) is 17.5 Å². The molecule has 0 aromatic carbocycles. The van der Waals surface area contributed by atoms with E-state index >= 15 is 0 Å². The second-order valence-corrected chi connectivity index (χ2v) is 6.48. The standard InChI is InChI=1S/C14H12F3N5S/c15-14(16,17)12-20-11-8(6-10-2-1-5-23-10)7-18-22(11)13(21-12)19-9-3-4-9/h1-2,5,7,9H,3-4,6H2,(H,19,20,21). The first-order chi connectivity index (χ1) is 11.0. The third-order valence-electron chi connectivity index (χ3n) is 3.55. The summed E-state index contributed by atoms with van der Waals surface area (Å²) >= 11 is 1.55. The molecule has 1 N–H and O–H groups in total. The maximum atomic E-state index is 13.1. The van der Waals surface area contributed by atoms with Crippen molar-refractivity contribution in [2.45, 2.75) is 31.5 Å². The molecule has 120 valence electrons. The van der Waals surface area contributed by atoms with Crippen LogP contribution in [0.25, 0.3) is 5.65 Å². The maximum Gasteiger partial charge on any atom is 0.451 e. The number of rotatable bonds is 4. The van der Waals surface area contributed by atoms with Crippen LogP contribution in [0.1, 0.15) is 29.1 Å². The van der Waals surface area contributed by atoms with Gasteiger partial charge < -0.3 is 5.32 Å². The number of aromatic nitrogens is 4. The molecule has 3 aromatic rings. The smallest absolute Gasteiger partial charge is 0.351 e. The number of nitrogens with zero attached hydrogens (tertiary/aromatic N) is 4. The van der Waals surface area contributed by atoms with Crippen molar-refractivity contribution in [1.29, 1.82) is 0 Å². The molecular weight excluding hydrogens is 327 g/mol. The van der Waals surface area contributed by atoms with Crippen LogP contribution in [0.15, 0.2) is 23.7 Å². The van der Waals surface area contributed by atoms with E-state index in [1.165, 1.54) is 4.52 Å². The Bertz CT molecular complexity index is 836. The van der Waals surface area contributed by atoms with Gasteiger partial charge in [-0.3, -0.25) is 0 Å². The largest absolute Gasteiger partial charge is 0.451 e. The minimum atomic E-state index is -4.59. The van der Waals surface area contributed by atoms with Crippen LogP contribution in [0.5, 0.6) is 0 Å². The third-order valence-corrected chi connectivity index (χ3v) is 4.43. The van der Waals surface area contributed by atoms with Crippen molar-refractivity contribution < 1.29 is 13.2 Å². The Morgan fingerprint density at radius 1 is 1.30 bits per heavy atom. The quantitative estimate of drug-likeness (QED) is 0.792. The fourth-order valence-electron chi connectivity index (χ4n) is 2.28. The summed E-state index contributed by atoms with van der Waals surface area (Å²) in [5, 5.41) is 9.09. The van der Waals surface area contributed by atoms with Gasteiger partial charge in [-0.25, -0.2) is 4.98 Å². The first-order valence-electron chi connectivity index (χ1n) is 7.11. The van der Waals surface area contributed by atoms with Crippen LogP contribution in [-0.2, 0) is 12.6 Å². The molecule has 1 fully saturated rings. The number of hydrogen-bond donors (Lipinski definition) is 1. The van der Waals surface area contributed by atoms with E-state index in [1.807, 2.05) is 17.5 Å². The summed E-state index contributed by atoms with van der Waals surface area (Å²) < 4.78 is 40.6. The Morgan fingerprint density at radius 3 is 2.78 bits per heavy atom. The van der Waals surface area contributed by atoms with Gasteiger partial charge in [-0.1, -0.05) is 6.07 Å². The highest BCUT2D eigenvalue weighted by molar-refractivity contribution is 7.09. The van der Waals surface area contributed by atoms with Crippen molar-refractivity contribution in [3.05, 3.63) is 40.0 Å². The van der Waals surface area contributed by atoms with Crippen molar-refractivity contribution in [2.24, 2.45) is 0 Å². The molecule has 0 amide bonds. The maximum absolute atomic E-state index is 13.1. The molecule has 0 radical (unpaired) electrons. The van der Waals surface area contributed by atoms with Gasteiger partial charge in [-0.15, -0.1) is 11.3 Å². The number of anilines is 1. The fraction of sp³-hybridized carbons (Fsp3) is 0.357. The van der Waals surface area contributed by atoms with Gasteiger partial charge in [-0.2, -0.15) is 27.8 Å². The van der Waals surface area contributed by atoms with E-state index in [0.717, 1.165) is 17.7 Å². The second-order valence-electron chi connectivity index (χ2n) is 5.45. The molecule has 4 rings (SSSR count). The highest BCUT2D eigenvalue weighted by Gasteiger charge is 2.37. The Kier molecular flexibility index (Phi) is 3.26. The van der Waals surface area contributed by atoms with Gasteiger partial charge in [0.25, 0.3) is 0 Å². The molecule has 0 aliphatic heterocycles. The zero-order valence-electron chi connectivity index (χ0n) is 11.8. The van der Waals surface area contributed by atoms with Gasteiger partial charge in [0.15, 0.2) is 5.65 Å². The third kappa shape index (κ3) is 2.88. The Balaban J connectivity index is 1.82. The Labute approximate surface area is 133 Å². The highest BCUT2D eigenvalue weighted by atomic mass is 32.1. The van der Waals surface area contributed by atoms with Crippen molar-refractivity contribution in [2.75, 3.05) is 5.32 Å². The van der Waals surface area contributed by atoms with Crippen LogP contribution in [0.3, 0.4) is 0 Å². The van der Waals surface area contributed by atoms with Gasteiger partial charge in [0.2, 0.25) is 11.8 Å². The van der Waals surface area contributed by atoms with Crippen molar-refractivity contribution in [3.63, 3.8) is 0 Å². The molecule has 3 heterocycles. The lowest BCUT2D eigenvalue weighted by Gasteiger charge is -2.10. The van der Waals surface area contributed by atoms with E-state index in [4.69, 9.17) is 0 Å². The molecule has 1 aliphatic carbocycles. The molecule has 0 atom stereocenters. The van der Waals surface area contributed by atoms with E-state index in [2.05, 4.69) is 20.4 Å². The van der Waals surface area contributed by atoms with Gasteiger partial charge in [0, 0.05) is 22.9 Å². The lowest BCUT2D eigenvalue weighted by Crippen LogP contribution is -2.17. The molecule has 0 spiro atoms. The molecule has 1 aliphatic rings. The fourth-order valence-corrected chi connectivity index (χ4v) is 3.01. The predicted octanol–water partition coefficient (Wildman–Crippen LogP) is 3.37. The number of thiophene rings is 1. The second kappa shape index (κ2) is 5.19. The summed E-state index contributed by atoms with van der Waals surface area (Å²) in [5.41, 5.74) is 0.850. The van der Waals surface area contributed by atoms with Crippen molar-refractivity contribution in [1.82, 2.24) is 19.6 Å². The first-order valence-corrected chi connectivity index (χ1v) is 7.99.